The zero-order valence-corrected chi connectivity index (χ0v) is 15.8. The van der Waals surface area contributed by atoms with Crippen LogP contribution in [-0.2, 0) is 14.3 Å². The van der Waals surface area contributed by atoms with E-state index in [1.165, 1.54) is 13.3 Å². The van der Waals surface area contributed by atoms with Crippen molar-refractivity contribution in [2.75, 3.05) is 12.4 Å². The monoisotopic (exact) mass is 420 g/mol. The second-order valence-corrected chi connectivity index (χ2v) is 6.45. The van der Waals surface area contributed by atoms with Crippen LogP contribution in [0.5, 0.6) is 0 Å². The molecule has 1 aromatic heterocycles. The number of ketones is 1. The number of nitrogens with one attached hydrogen (secondary N) is 1. The third kappa shape index (κ3) is 5.21. The Hall–Kier alpha value is -2.58. The molecule has 1 unspecified atom stereocenters. The molecule has 0 radical (unpaired) electrons. The highest BCUT2D eigenvalue weighted by atomic mass is 79.9. The fourth-order valence-corrected chi connectivity index (χ4v) is 2.57. The van der Waals surface area contributed by atoms with Gasteiger partial charge in [-0.05, 0) is 30.3 Å². The van der Waals surface area contributed by atoms with E-state index in [2.05, 4.69) is 36.7 Å². The molecule has 2 aromatic rings. The fraction of sp³-hybridized carbons (Fsp3) is 0.222. The number of hydrogen-bond acceptors (Lipinski definition) is 5. The maximum atomic E-state index is 12.7. The Morgan fingerprint density at radius 1 is 1.27 bits per heavy atom. The highest BCUT2D eigenvalue weighted by molar-refractivity contribution is 9.10. The van der Waals surface area contributed by atoms with Crippen molar-refractivity contribution in [3.63, 3.8) is 0 Å². The van der Waals surface area contributed by atoms with Crippen molar-refractivity contribution in [3.8, 4) is 0 Å². The fourth-order valence-electron chi connectivity index (χ4n) is 2.21. The van der Waals surface area contributed by atoms with Crippen molar-refractivity contribution in [1.29, 1.82) is 0 Å². The smallest absolute Gasteiger partial charge is 0.305 e. The molecule has 2 rings (SSSR count). The Balaban J connectivity index is 2.18. The molecule has 0 aliphatic rings. The molecule has 0 aliphatic carbocycles. The molecule has 0 saturated carbocycles. The average molecular weight is 421 g/mol. The minimum atomic E-state index is -0.657. The largest absolute Gasteiger partial charge is 0.469 e. The summed E-state index contributed by atoms with van der Waals surface area (Å²) in [6.07, 6.45) is 1.87. The van der Waals surface area contributed by atoms with E-state index in [9.17, 15) is 14.4 Å². The van der Waals surface area contributed by atoms with Gasteiger partial charge in [-0.2, -0.15) is 0 Å². The number of hydrogen-bond donors (Lipinski definition) is 2. The zero-order chi connectivity index (χ0) is 19.1. The van der Waals surface area contributed by atoms with E-state index in [1.807, 2.05) is 0 Å². The summed E-state index contributed by atoms with van der Waals surface area (Å²) in [4.78, 5) is 40.3. The van der Waals surface area contributed by atoms with Crippen LogP contribution in [0.4, 0.5) is 5.69 Å². The number of amides is 1. The number of carbonyl (C=O) groups is 3. The minimum Gasteiger partial charge on any atom is -0.469 e. The van der Waals surface area contributed by atoms with Gasteiger partial charge in [0.25, 0.3) is 5.91 Å². The summed E-state index contributed by atoms with van der Waals surface area (Å²) in [6, 6.07) is 9.36. The van der Waals surface area contributed by atoms with Crippen molar-refractivity contribution in [1.82, 2.24) is 4.98 Å². The Morgan fingerprint density at radius 2 is 2.04 bits per heavy atom. The summed E-state index contributed by atoms with van der Waals surface area (Å²) >= 11 is 3.33. The van der Waals surface area contributed by atoms with E-state index in [1.54, 1.807) is 36.4 Å². The molecule has 8 heteroatoms. The normalized spacial score (nSPS) is 11.5. The van der Waals surface area contributed by atoms with Crippen molar-refractivity contribution in [3.05, 3.63) is 58.3 Å². The van der Waals surface area contributed by atoms with E-state index in [-0.39, 0.29) is 30.2 Å². The number of ether oxygens (including phenoxy) is 1. The zero-order valence-electron chi connectivity index (χ0n) is 14.2. The van der Waals surface area contributed by atoms with Crippen LogP contribution in [0, 0.1) is 0 Å². The van der Waals surface area contributed by atoms with Gasteiger partial charge in [-0.1, -0.05) is 22.0 Å². The van der Waals surface area contributed by atoms with Gasteiger partial charge in [-0.15, -0.1) is 0 Å². The van der Waals surface area contributed by atoms with Crippen LogP contribution in [-0.4, -0.2) is 35.8 Å². The van der Waals surface area contributed by atoms with Crippen LogP contribution >= 0.6 is 15.9 Å². The lowest BCUT2D eigenvalue weighted by Gasteiger charge is -2.13. The molecule has 4 N–H and O–H groups in total. The van der Waals surface area contributed by atoms with Crippen LogP contribution in [0.15, 0.2) is 47.1 Å². The lowest BCUT2D eigenvalue weighted by molar-refractivity contribution is -0.403. The summed E-state index contributed by atoms with van der Waals surface area (Å²) in [5, 5.41) is 2.71. The third-order valence-electron chi connectivity index (χ3n) is 3.68. The van der Waals surface area contributed by atoms with Crippen LogP contribution < -0.4 is 11.1 Å². The average Bonchev–Trinajstić information content (AvgIpc) is 2.67. The Labute approximate surface area is 159 Å². The van der Waals surface area contributed by atoms with Crippen molar-refractivity contribution < 1.29 is 24.9 Å². The standard InChI is InChI=1S/C18H18BrN3O4/c1-26-16(23)8-6-13(20)18(25)22-14-7-5-11(19)10-12(14)17(24)15-4-2-3-9-21-15/h2-5,7,9-10,13H,6,8,20H2,1H3,(H,22,25)/p+1. The molecule has 26 heavy (non-hydrogen) atoms. The molecular weight excluding hydrogens is 402 g/mol. The minimum absolute atomic E-state index is 0.0954. The van der Waals surface area contributed by atoms with Crippen LogP contribution in [0.3, 0.4) is 0 Å². The molecule has 7 nitrogen and oxygen atoms in total. The number of methoxy groups -OCH3 is 1. The van der Waals surface area contributed by atoms with Gasteiger partial charge in [0, 0.05) is 22.7 Å². The SMILES string of the molecule is COC(=O)CCC([NH3+])C(=O)Nc1ccc(Br)cc1C(=O)c1ccccn1. The molecular formula is C18H19BrN3O4+. The number of esters is 1. The second-order valence-electron chi connectivity index (χ2n) is 5.53. The number of anilines is 1. The van der Waals surface area contributed by atoms with Gasteiger partial charge in [0.15, 0.2) is 6.04 Å². The summed E-state index contributed by atoms with van der Waals surface area (Å²) < 4.78 is 5.26. The number of nitrogens with zero attached hydrogens (tertiary/aromatic N) is 1. The molecule has 1 amide bonds. The van der Waals surface area contributed by atoms with Crippen LogP contribution in [0.25, 0.3) is 0 Å². The van der Waals surface area contributed by atoms with Gasteiger partial charge in [0.2, 0.25) is 5.78 Å². The van der Waals surface area contributed by atoms with Crippen molar-refractivity contribution >= 4 is 39.3 Å². The Bertz CT molecular complexity index is 811. The van der Waals surface area contributed by atoms with Crippen LogP contribution in [0.2, 0.25) is 0 Å². The van der Waals surface area contributed by atoms with Gasteiger partial charge >= 0.3 is 5.97 Å². The number of carbonyl (C=O) groups excluding carboxylic acids is 3. The number of rotatable bonds is 7. The first-order chi connectivity index (χ1) is 12.4. The predicted molar refractivity (Wildman–Crippen MR) is 98.4 cm³/mol. The maximum absolute atomic E-state index is 12.7. The lowest BCUT2D eigenvalue weighted by atomic mass is 10.0. The summed E-state index contributed by atoms with van der Waals surface area (Å²) in [5.41, 5.74) is 4.71. The first-order valence-electron chi connectivity index (χ1n) is 7.88. The van der Waals surface area contributed by atoms with Crippen LogP contribution in [0.1, 0.15) is 28.9 Å². The lowest BCUT2D eigenvalue weighted by Crippen LogP contribution is -2.66. The molecule has 1 heterocycles. The Morgan fingerprint density at radius 3 is 2.69 bits per heavy atom. The topological polar surface area (TPSA) is 113 Å². The molecule has 136 valence electrons. The van der Waals surface area contributed by atoms with Crippen molar-refractivity contribution in [2.45, 2.75) is 18.9 Å². The summed E-state index contributed by atoms with van der Waals surface area (Å²) in [7, 11) is 1.29. The first kappa shape index (κ1) is 19.7. The van der Waals surface area contributed by atoms with E-state index in [4.69, 9.17) is 0 Å². The summed E-state index contributed by atoms with van der Waals surface area (Å²) in [6.45, 7) is 0. The number of pyridine rings is 1. The Kier molecular flexibility index (Phi) is 6.99. The predicted octanol–water partition coefficient (Wildman–Crippen LogP) is 1.58. The van der Waals surface area contributed by atoms with E-state index >= 15 is 0 Å². The van der Waals surface area contributed by atoms with E-state index in [0.717, 1.165) is 0 Å². The summed E-state index contributed by atoms with van der Waals surface area (Å²) in [5.74, 6) is -1.09. The first-order valence-corrected chi connectivity index (χ1v) is 8.67. The molecule has 1 atom stereocenters. The molecule has 0 fully saturated rings. The van der Waals surface area contributed by atoms with Gasteiger partial charge in [-0.3, -0.25) is 19.4 Å². The molecule has 0 bridgehead atoms. The molecule has 0 spiro atoms. The van der Waals surface area contributed by atoms with E-state index in [0.29, 0.717) is 15.7 Å². The molecule has 0 saturated heterocycles. The highest BCUT2D eigenvalue weighted by Crippen LogP contribution is 2.23. The molecule has 0 aliphatic heterocycles. The number of benzene rings is 1. The van der Waals surface area contributed by atoms with Gasteiger partial charge in [-0.25, -0.2) is 0 Å². The number of halogens is 1. The maximum Gasteiger partial charge on any atom is 0.305 e. The molecule has 1 aromatic carbocycles. The number of quaternary nitrogens is 1. The highest BCUT2D eigenvalue weighted by Gasteiger charge is 2.22. The van der Waals surface area contributed by atoms with E-state index < -0.39 is 12.0 Å². The van der Waals surface area contributed by atoms with Gasteiger partial charge in [0.1, 0.15) is 5.69 Å². The second kappa shape index (κ2) is 9.21. The van der Waals surface area contributed by atoms with Gasteiger partial charge in [0.05, 0.1) is 19.2 Å². The van der Waals surface area contributed by atoms with Crippen molar-refractivity contribution in [2.24, 2.45) is 0 Å². The third-order valence-corrected chi connectivity index (χ3v) is 4.17. The van der Waals surface area contributed by atoms with Gasteiger partial charge < -0.3 is 15.8 Å². The quantitative estimate of drug-likeness (QED) is 0.521. The number of aromatic nitrogens is 1.